The molecule has 1 amide bonds. The van der Waals surface area contributed by atoms with Gasteiger partial charge in [-0.25, -0.2) is 13.2 Å². The second-order valence-electron chi connectivity index (χ2n) is 5.19. The lowest BCUT2D eigenvalue weighted by Crippen LogP contribution is -2.43. The third-order valence-corrected chi connectivity index (χ3v) is 6.16. The summed E-state index contributed by atoms with van der Waals surface area (Å²) in [6, 6.07) is 3.41. The molecule has 2 heterocycles. The molecule has 1 fully saturated rings. The maximum Gasteiger partial charge on any atom is 0.331 e. The van der Waals surface area contributed by atoms with Crippen LogP contribution < -0.4 is 0 Å². The molecule has 1 aromatic rings. The molecular weight excluding hydrogens is 338 g/mol. The molecule has 0 saturated carbocycles. The summed E-state index contributed by atoms with van der Waals surface area (Å²) in [5, 5.41) is 1.89. The van der Waals surface area contributed by atoms with Gasteiger partial charge >= 0.3 is 5.97 Å². The first kappa shape index (κ1) is 17.7. The molecule has 0 radical (unpaired) electrons. The number of nitrogens with zero attached hydrogens (tertiary/aromatic N) is 1. The van der Waals surface area contributed by atoms with E-state index in [1.54, 1.807) is 13.0 Å². The zero-order valence-electron chi connectivity index (χ0n) is 12.8. The van der Waals surface area contributed by atoms with Crippen LogP contribution >= 0.6 is 11.3 Å². The van der Waals surface area contributed by atoms with Gasteiger partial charge in [0.15, 0.2) is 16.4 Å². The number of ether oxygens (including phenoxy) is 1. The Labute approximate surface area is 139 Å². The Bertz CT molecular complexity index is 679. The number of thiophene rings is 1. The first-order valence-corrected chi connectivity index (χ1v) is 9.99. The maximum atomic E-state index is 12.1. The average Bonchev–Trinajstić information content (AvgIpc) is 3.13. The molecule has 2 rings (SSSR count). The van der Waals surface area contributed by atoms with Crippen LogP contribution in [-0.4, -0.2) is 55.9 Å². The average molecular weight is 357 g/mol. The second kappa shape index (κ2) is 7.74. The van der Waals surface area contributed by atoms with Crippen molar-refractivity contribution in [1.82, 2.24) is 4.90 Å². The summed E-state index contributed by atoms with van der Waals surface area (Å²) < 4.78 is 28.0. The highest BCUT2D eigenvalue weighted by molar-refractivity contribution is 7.91. The Morgan fingerprint density at radius 2 is 2.26 bits per heavy atom. The minimum absolute atomic E-state index is 0.0151. The van der Waals surface area contributed by atoms with E-state index in [4.69, 9.17) is 4.74 Å². The van der Waals surface area contributed by atoms with Gasteiger partial charge in [-0.3, -0.25) is 4.79 Å². The predicted octanol–water partition coefficient (Wildman–Crippen LogP) is 1.34. The summed E-state index contributed by atoms with van der Waals surface area (Å²) in [5.41, 5.74) is 0. The maximum absolute atomic E-state index is 12.1. The van der Waals surface area contributed by atoms with Crippen LogP contribution in [0.2, 0.25) is 0 Å². The van der Waals surface area contributed by atoms with Crippen molar-refractivity contribution in [3.8, 4) is 0 Å². The number of carbonyl (C=O) groups excluding carboxylic acids is 2. The van der Waals surface area contributed by atoms with Crippen molar-refractivity contribution in [1.29, 1.82) is 0 Å². The molecule has 1 aliphatic rings. The van der Waals surface area contributed by atoms with Crippen LogP contribution in [0.4, 0.5) is 0 Å². The highest BCUT2D eigenvalue weighted by atomic mass is 32.2. The molecule has 8 heteroatoms. The molecule has 1 aliphatic heterocycles. The fourth-order valence-electron chi connectivity index (χ4n) is 2.46. The lowest BCUT2D eigenvalue weighted by Gasteiger charge is -2.26. The van der Waals surface area contributed by atoms with E-state index in [0.29, 0.717) is 13.0 Å². The topological polar surface area (TPSA) is 80.8 Å². The smallest absolute Gasteiger partial charge is 0.331 e. The van der Waals surface area contributed by atoms with E-state index in [1.807, 2.05) is 17.5 Å². The first-order valence-electron chi connectivity index (χ1n) is 7.29. The Hall–Kier alpha value is -1.67. The van der Waals surface area contributed by atoms with Crippen molar-refractivity contribution in [3.63, 3.8) is 0 Å². The number of likely N-dealkylation sites (N-methyl/N-ethyl adjacent to an activating group) is 1. The number of carbonyl (C=O) groups is 2. The van der Waals surface area contributed by atoms with Crippen LogP contribution in [-0.2, 0) is 24.2 Å². The van der Waals surface area contributed by atoms with Crippen LogP contribution in [0.25, 0.3) is 6.08 Å². The molecule has 1 atom stereocenters. The van der Waals surface area contributed by atoms with Gasteiger partial charge in [-0.15, -0.1) is 11.3 Å². The van der Waals surface area contributed by atoms with Crippen LogP contribution in [0.1, 0.15) is 18.2 Å². The molecule has 0 N–H and O–H groups in total. The quantitative estimate of drug-likeness (QED) is 0.567. The number of hydrogen-bond acceptors (Lipinski definition) is 6. The summed E-state index contributed by atoms with van der Waals surface area (Å²) in [6.45, 7) is 1.79. The summed E-state index contributed by atoms with van der Waals surface area (Å²) in [5.74, 6) is -0.877. The first-order chi connectivity index (χ1) is 10.9. The van der Waals surface area contributed by atoms with Gasteiger partial charge in [0, 0.05) is 23.5 Å². The van der Waals surface area contributed by atoms with Crippen LogP contribution in [0, 0.1) is 0 Å². The van der Waals surface area contributed by atoms with Gasteiger partial charge < -0.3 is 9.64 Å². The molecule has 0 aromatic carbocycles. The lowest BCUT2D eigenvalue weighted by molar-refractivity contribution is -0.149. The number of amides is 1. The molecule has 6 nitrogen and oxygen atoms in total. The molecule has 1 saturated heterocycles. The predicted molar refractivity (Wildman–Crippen MR) is 88.8 cm³/mol. The minimum Gasteiger partial charge on any atom is -0.452 e. The Balaban J connectivity index is 1.84. The summed E-state index contributed by atoms with van der Waals surface area (Å²) >= 11 is 1.49. The van der Waals surface area contributed by atoms with E-state index in [1.165, 1.54) is 22.3 Å². The second-order valence-corrected chi connectivity index (χ2v) is 8.40. The zero-order chi connectivity index (χ0) is 16.9. The molecular formula is C15H19NO5S2. The van der Waals surface area contributed by atoms with Crippen molar-refractivity contribution in [3.05, 3.63) is 28.5 Å². The van der Waals surface area contributed by atoms with E-state index in [-0.39, 0.29) is 30.1 Å². The highest BCUT2D eigenvalue weighted by Gasteiger charge is 2.34. The highest BCUT2D eigenvalue weighted by Crippen LogP contribution is 2.18. The zero-order valence-corrected chi connectivity index (χ0v) is 14.4. The Kier molecular flexibility index (Phi) is 5.95. The van der Waals surface area contributed by atoms with Gasteiger partial charge in [-0.1, -0.05) is 6.07 Å². The lowest BCUT2D eigenvalue weighted by atomic mass is 10.2. The van der Waals surface area contributed by atoms with Crippen molar-refractivity contribution >= 4 is 39.1 Å². The summed E-state index contributed by atoms with van der Waals surface area (Å²) in [7, 11) is -3.06. The molecule has 0 unspecified atom stereocenters. The van der Waals surface area contributed by atoms with Crippen LogP contribution in [0.3, 0.4) is 0 Å². The minimum atomic E-state index is -3.06. The molecule has 23 heavy (non-hydrogen) atoms. The SMILES string of the molecule is CCN(C(=O)COC(=O)/C=C/c1cccs1)[C@H]1CCS(=O)(=O)C1. The number of sulfone groups is 1. The van der Waals surface area contributed by atoms with Crippen molar-refractivity contribution in [2.24, 2.45) is 0 Å². The molecule has 0 spiro atoms. The molecule has 0 aliphatic carbocycles. The normalized spacial score (nSPS) is 19.8. The van der Waals surface area contributed by atoms with E-state index in [2.05, 4.69) is 0 Å². The van der Waals surface area contributed by atoms with E-state index in [9.17, 15) is 18.0 Å². The van der Waals surface area contributed by atoms with Crippen molar-refractivity contribution < 1.29 is 22.7 Å². The van der Waals surface area contributed by atoms with Gasteiger partial charge in [0.1, 0.15) is 0 Å². The van der Waals surface area contributed by atoms with E-state index < -0.39 is 15.8 Å². The largest absolute Gasteiger partial charge is 0.452 e. The van der Waals surface area contributed by atoms with Crippen LogP contribution in [0.15, 0.2) is 23.6 Å². The summed E-state index contributed by atoms with van der Waals surface area (Å²) in [4.78, 5) is 26.1. The van der Waals surface area contributed by atoms with Gasteiger partial charge in [-0.2, -0.15) is 0 Å². The van der Waals surface area contributed by atoms with E-state index >= 15 is 0 Å². The van der Waals surface area contributed by atoms with E-state index in [0.717, 1.165) is 4.88 Å². The van der Waals surface area contributed by atoms with Crippen molar-refractivity contribution in [2.75, 3.05) is 24.7 Å². The molecule has 126 valence electrons. The number of rotatable bonds is 6. The van der Waals surface area contributed by atoms with Gasteiger partial charge in [-0.05, 0) is 30.9 Å². The molecule has 1 aromatic heterocycles. The molecule has 0 bridgehead atoms. The number of hydrogen-bond donors (Lipinski definition) is 0. The number of esters is 1. The van der Waals surface area contributed by atoms with Gasteiger partial charge in [0.25, 0.3) is 5.91 Å². The monoisotopic (exact) mass is 357 g/mol. The third-order valence-electron chi connectivity index (χ3n) is 3.57. The van der Waals surface area contributed by atoms with Gasteiger partial charge in [0.2, 0.25) is 0 Å². The van der Waals surface area contributed by atoms with Crippen LogP contribution in [0.5, 0.6) is 0 Å². The standard InChI is InChI=1S/C15H19NO5S2/c1-2-16(12-7-9-23(19,20)11-12)14(17)10-21-15(18)6-5-13-4-3-8-22-13/h3-6,8,12H,2,7,9-11H2,1H3/b6-5+/t12-/m0/s1. The fourth-order valence-corrected chi connectivity index (χ4v) is 4.81. The Morgan fingerprint density at radius 1 is 1.48 bits per heavy atom. The fraction of sp³-hybridized carbons (Fsp3) is 0.467. The Morgan fingerprint density at radius 3 is 2.83 bits per heavy atom. The van der Waals surface area contributed by atoms with Crippen molar-refractivity contribution in [2.45, 2.75) is 19.4 Å². The van der Waals surface area contributed by atoms with Gasteiger partial charge in [0.05, 0.1) is 11.5 Å². The third kappa shape index (κ3) is 5.18. The summed E-state index contributed by atoms with van der Waals surface area (Å²) in [6.07, 6.45) is 3.34.